The molecule has 0 aromatic carbocycles. The van der Waals surface area contributed by atoms with Gasteiger partial charge in [-0.15, -0.1) is 12.4 Å². The van der Waals surface area contributed by atoms with E-state index < -0.39 is 0 Å². The number of halogens is 1. The topological polar surface area (TPSA) is 15.3 Å². The minimum absolute atomic E-state index is 0. The summed E-state index contributed by atoms with van der Waals surface area (Å²) in [7, 11) is 0. The van der Waals surface area contributed by atoms with Crippen LogP contribution in [0.4, 0.5) is 0 Å². The van der Waals surface area contributed by atoms with E-state index in [0.29, 0.717) is 5.54 Å². The second-order valence-corrected chi connectivity index (χ2v) is 6.54. The highest BCUT2D eigenvalue weighted by molar-refractivity contribution is 7.99. The van der Waals surface area contributed by atoms with Crippen molar-refractivity contribution in [2.24, 2.45) is 0 Å². The van der Waals surface area contributed by atoms with E-state index in [9.17, 15) is 0 Å². The van der Waals surface area contributed by atoms with Gasteiger partial charge >= 0.3 is 0 Å². The zero-order valence-corrected chi connectivity index (χ0v) is 12.7. The van der Waals surface area contributed by atoms with Crippen LogP contribution in [0, 0.1) is 0 Å². The highest BCUT2D eigenvalue weighted by Crippen LogP contribution is 2.34. The van der Waals surface area contributed by atoms with Gasteiger partial charge in [0.2, 0.25) is 0 Å². The highest BCUT2D eigenvalue weighted by Gasteiger charge is 2.38. The van der Waals surface area contributed by atoms with E-state index in [1.54, 1.807) is 0 Å². The maximum atomic E-state index is 3.62. The van der Waals surface area contributed by atoms with Gasteiger partial charge in [0.05, 0.1) is 0 Å². The molecule has 0 aromatic rings. The van der Waals surface area contributed by atoms with E-state index in [1.165, 1.54) is 69.8 Å². The lowest BCUT2D eigenvalue weighted by atomic mass is 9.79. The highest BCUT2D eigenvalue weighted by atomic mass is 35.5. The molecule has 2 aliphatic rings. The van der Waals surface area contributed by atoms with E-state index in [-0.39, 0.29) is 12.4 Å². The first-order valence-corrected chi connectivity index (χ1v) is 8.06. The smallest absolute Gasteiger partial charge is 0.0334 e. The Balaban J connectivity index is 0.00000144. The molecule has 0 unspecified atom stereocenters. The lowest BCUT2D eigenvalue weighted by Crippen LogP contribution is -2.62. The van der Waals surface area contributed by atoms with Crippen LogP contribution >= 0.6 is 24.2 Å². The summed E-state index contributed by atoms with van der Waals surface area (Å²) < 4.78 is 0. The molecule has 0 bridgehead atoms. The van der Waals surface area contributed by atoms with Crippen molar-refractivity contribution >= 4 is 24.2 Å². The Morgan fingerprint density at radius 1 is 1.24 bits per heavy atom. The molecule has 1 heterocycles. The summed E-state index contributed by atoms with van der Waals surface area (Å²) in [5, 5.41) is 3.62. The number of piperazine rings is 1. The van der Waals surface area contributed by atoms with Crippen molar-refractivity contribution in [1.82, 2.24) is 10.2 Å². The van der Waals surface area contributed by atoms with Gasteiger partial charge in [-0.2, -0.15) is 11.8 Å². The van der Waals surface area contributed by atoms with Crippen molar-refractivity contribution in [2.75, 3.05) is 37.7 Å². The Morgan fingerprint density at radius 2 is 2.00 bits per heavy atom. The molecule has 2 rings (SSSR count). The van der Waals surface area contributed by atoms with Gasteiger partial charge in [-0.05, 0) is 18.6 Å². The van der Waals surface area contributed by atoms with E-state index in [2.05, 4.69) is 28.9 Å². The van der Waals surface area contributed by atoms with E-state index in [4.69, 9.17) is 0 Å². The molecule has 0 radical (unpaired) electrons. The molecule has 1 aliphatic heterocycles. The average molecular weight is 279 g/mol. The predicted molar refractivity (Wildman–Crippen MR) is 80.5 cm³/mol. The maximum absolute atomic E-state index is 3.62. The van der Waals surface area contributed by atoms with E-state index in [1.807, 2.05) is 0 Å². The summed E-state index contributed by atoms with van der Waals surface area (Å²) in [6.45, 7) is 7.27. The van der Waals surface area contributed by atoms with Crippen molar-refractivity contribution in [3.63, 3.8) is 0 Å². The summed E-state index contributed by atoms with van der Waals surface area (Å²) >= 11 is 2.09. The lowest BCUT2D eigenvalue weighted by molar-refractivity contribution is 0.0333. The summed E-state index contributed by atoms with van der Waals surface area (Å²) in [5.74, 6) is 2.58. The first-order chi connectivity index (χ1) is 7.87. The molecule has 1 saturated heterocycles. The Labute approximate surface area is 117 Å². The number of hydrogen-bond acceptors (Lipinski definition) is 3. The molecular formula is C13H27ClN2S. The third kappa shape index (κ3) is 4.02. The van der Waals surface area contributed by atoms with Crippen molar-refractivity contribution in [1.29, 1.82) is 0 Å². The normalized spacial score (nSPS) is 24.5. The third-order valence-corrected chi connectivity index (χ3v) is 5.06. The van der Waals surface area contributed by atoms with Gasteiger partial charge < -0.3 is 5.32 Å². The molecule has 1 N–H and O–H groups in total. The molecule has 0 amide bonds. The maximum Gasteiger partial charge on any atom is 0.0334 e. The van der Waals surface area contributed by atoms with E-state index >= 15 is 0 Å². The van der Waals surface area contributed by atoms with Gasteiger partial charge in [0.25, 0.3) is 0 Å². The van der Waals surface area contributed by atoms with Gasteiger partial charge in [0.15, 0.2) is 0 Å². The first-order valence-electron chi connectivity index (χ1n) is 6.91. The summed E-state index contributed by atoms with van der Waals surface area (Å²) in [5.41, 5.74) is 0.533. The van der Waals surface area contributed by atoms with Gasteiger partial charge in [0.1, 0.15) is 0 Å². The summed E-state index contributed by atoms with van der Waals surface area (Å²) in [6, 6.07) is 0. The lowest BCUT2D eigenvalue weighted by Gasteiger charge is -2.50. The molecule has 17 heavy (non-hydrogen) atoms. The molecule has 0 aromatic heterocycles. The largest absolute Gasteiger partial charge is 0.314 e. The van der Waals surface area contributed by atoms with Crippen LogP contribution in [-0.2, 0) is 0 Å². The fourth-order valence-corrected chi connectivity index (χ4v) is 3.89. The van der Waals surface area contributed by atoms with Crippen LogP contribution in [0.15, 0.2) is 0 Å². The number of nitrogens with zero attached hydrogens (tertiary/aromatic N) is 1. The van der Waals surface area contributed by atoms with E-state index in [0.717, 1.165) is 0 Å². The predicted octanol–water partition coefficient (Wildman–Crippen LogP) is 2.77. The van der Waals surface area contributed by atoms with Crippen LogP contribution < -0.4 is 5.32 Å². The third-order valence-electron chi connectivity index (χ3n) is 4.18. The number of hydrogen-bond donors (Lipinski definition) is 1. The van der Waals surface area contributed by atoms with Crippen LogP contribution in [0.2, 0.25) is 0 Å². The van der Waals surface area contributed by atoms with Crippen LogP contribution in [0.1, 0.15) is 39.0 Å². The number of rotatable bonds is 4. The standard InChI is InChI=1S/C13H26N2S.ClH/c1-2-16-11-10-15-9-8-14-12-13(15)6-4-3-5-7-13;/h14H,2-12H2,1H3;1H. The van der Waals surface area contributed by atoms with Crippen molar-refractivity contribution in [3.8, 4) is 0 Å². The second-order valence-electron chi connectivity index (χ2n) is 5.15. The molecular weight excluding hydrogens is 252 g/mol. The Morgan fingerprint density at radius 3 is 2.71 bits per heavy atom. The van der Waals surface area contributed by atoms with Crippen LogP contribution in [0.25, 0.3) is 0 Å². The minimum Gasteiger partial charge on any atom is -0.314 e. The molecule has 2 fully saturated rings. The Hall–Kier alpha value is 0.560. The molecule has 1 spiro atoms. The van der Waals surface area contributed by atoms with Crippen molar-refractivity contribution in [3.05, 3.63) is 0 Å². The number of thioether (sulfide) groups is 1. The first kappa shape index (κ1) is 15.6. The monoisotopic (exact) mass is 278 g/mol. The second kappa shape index (κ2) is 7.88. The average Bonchev–Trinajstić information content (AvgIpc) is 2.33. The van der Waals surface area contributed by atoms with Gasteiger partial charge in [-0.3, -0.25) is 4.90 Å². The number of nitrogens with one attached hydrogen (secondary N) is 1. The summed E-state index contributed by atoms with van der Waals surface area (Å²) in [4.78, 5) is 2.80. The molecule has 2 nitrogen and oxygen atoms in total. The summed E-state index contributed by atoms with van der Waals surface area (Å²) in [6.07, 6.45) is 7.20. The molecule has 1 saturated carbocycles. The molecule has 4 heteroatoms. The van der Waals surface area contributed by atoms with Gasteiger partial charge in [-0.25, -0.2) is 0 Å². The van der Waals surface area contributed by atoms with Gasteiger partial charge in [0, 0.05) is 37.5 Å². The quantitative estimate of drug-likeness (QED) is 0.796. The fraction of sp³-hybridized carbons (Fsp3) is 1.00. The SMILES string of the molecule is CCSCCN1CCNCC12CCCCC2.Cl. The zero-order valence-electron chi connectivity index (χ0n) is 11.0. The Bertz CT molecular complexity index is 199. The van der Waals surface area contributed by atoms with Crippen molar-refractivity contribution < 1.29 is 0 Å². The van der Waals surface area contributed by atoms with Crippen LogP contribution in [0.3, 0.4) is 0 Å². The van der Waals surface area contributed by atoms with Gasteiger partial charge in [-0.1, -0.05) is 26.2 Å². The fourth-order valence-electron chi connectivity index (χ4n) is 3.26. The van der Waals surface area contributed by atoms with Crippen LogP contribution in [-0.4, -0.2) is 48.1 Å². The minimum atomic E-state index is 0. The molecule has 1 aliphatic carbocycles. The molecule has 102 valence electrons. The van der Waals surface area contributed by atoms with Crippen molar-refractivity contribution in [2.45, 2.75) is 44.6 Å². The molecule has 0 atom stereocenters. The zero-order chi connectivity index (χ0) is 11.3. The Kier molecular flexibility index (Phi) is 7.24. The van der Waals surface area contributed by atoms with Crippen LogP contribution in [0.5, 0.6) is 0 Å².